The van der Waals surface area contributed by atoms with E-state index in [1.165, 1.54) is 0 Å². The number of aryl methyl sites for hydroxylation is 1. The van der Waals surface area contributed by atoms with Crippen LogP contribution < -0.4 is 5.01 Å². The number of carbonyl (C=O) groups excluding carboxylic acids is 1. The Labute approximate surface area is 206 Å². The van der Waals surface area contributed by atoms with Crippen LogP contribution in [0.2, 0.25) is 10.0 Å². The number of cyclic esters (lactones) is 1. The van der Waals surface area contributed by atoms with Gasteiger partial charge in [0, 0.05) is 46.6 Å². The Hall–Kier alpha value is -1.13. The quantitative estimate of drug-likeness (QED) is 0.412. The molecule has 1 N–H and O–H groups in total. The molecule has 0 aliphatic carbocycles. The fourth-order valence-electron chi connectivity index (χ4n) is 3.57. The molecule has 7 nitrogen and oxygen atoms in total. The molecular weight excluding hydrogens is 462 g/mol. The molecule has 2 aliphatic rings. The molecule has 4 rings (SSSR count). The van der Waals surface area contributed by atoms with Crippen LogP contribution in [0.1, 0.15) is 27.0 Å². The van der Waals surface area contributed by atoms with E-state index in [4.69, 9.17) is 27.9 Å². The van der Waals surface area contributed by atoms with Crippen LogP contribution in [0.5, 0.6) is 0 Å². The molecule has 11 heteroatoms. The molecule has 0 fully saturated rings. The third-order valence-corrected chi connectivity index (χ3v) is 6.47. The van der Waals surface area contributed by atoms with Crippen LogP contribution in [0.4, 0.5) is 5.69 Å². The van der Waals surface area contributed by atoms with Crippen LogP contribution in [-0.4, -0.2) is 66.5 Å². The van der Waals surface area contributed by atoms with E-state index in [0.717, 1.165) is 11.1 Å². The Bertz CT molecular complexity index is 1170. The zero-order valence-corrected chi connectivity index (χ0v) is 20.6. The number of hydrogen-bond donors (Lipinski definition) is 1. The van der Waals surface area contributed by atoms with Gasteiger partial charge in [0.2, 0.25) is 0 Å². The van der Waals surface area contributed by atoms with Gasteiger partial charge in [-0.1, -0.05) is 23.2 Å². The first-order valence-corrected chi connectivity index (χ1v) is 11.1. The Kier molecular flexibility index (Phi) is 6.89. The Morgan fingerprint density at radius 3 is 2.60 bits per heavy atom. The molecular formula is C19H16Cl2N2NaO5S. The zero-order valence-electron chi connectivity index (χ0n) is 16.2. The van der Waals surface area contributed by atoms with Crippen LogP contribution in [0, 0.1) is 12.8 Å². The summed E-state index contributed by atoms with van der Waals surface area (Å²) in [4.78, 5) is 11.7. The Morgan fingerprint density at radius 2 is 1.90 bits per heavy atom. The predicted octanol–water partition coefficient (Wildman–Crippen LogP) is 3.32. The molecule has 153 valence electrons. The zero-order chi connectivity index (χ0) is 20.9. The molecule has 1 unspecified atom stereocenters. The van der Waals surface area contributed by atoms with Gasteiger partial charge in [0.25, 0.3) is 10.1 Å². The summed E-state index contributed by atoms with van der Waals surface area (Å²) in [5.74, 6) is -1.42. The molecule has 30 heavy (non-hydrogen) atoms. The summed E-state index contributed by atoms with van der Waals surface area (Å²) in [6.45, 7) is 2.25. The molecule has 0 saturated carbocycles. The van der Waals surface area contributed by atoms with E-state index in [1.54, 1.807) is 35.3 Å². The molecule has 0 amide bonds. The smallest absolute Gasteiger partial charge is 0.338 e. The maximum atomic E-state index is 11.7. The monoisotopic (exact) mass is 477 g/mol. The molecule has 1 atom stereocenters. The fourth-order valence-corrected chi connectivity index (χ4v) is 4.73. The van der Waals surface area contributed by atoms with Gasteiger partial charge in [0.1, 0.15) is 6.61 Å². The van der Waals surface area contributed by atoms with Crippen molar-refractivity contribution in [1.29, 1.82) is 0 Å². The van der Waals surface area contributed by atoms with Gasteiger partial charge in [-0.2, -0.15) is 13.5 Å². The maximum Gasteiger partial charge on any atom is 0.338 e. The van der Waals surface area contributed by atoms with E-state index in [0.29, 0.717) is 32.6 Å². The van der Waals surface area contributed by atoms with Crippen molar-refractivity contribution in [3.05, 3.63) is 62.6 Å². The van der Waals surface area contributed by atoms with Crippen molar-refractivity contribution in [2.45, 2.75) is 13.5 Å². The molecule has 2 heterocycles. The third-order valence-electron chi connectivity index (χ3n) is 4.93. The SMILES string of the molecule is Cc1cc(Cl)c(Cl)cc1C1=NN(c2ccc3c(c2)COC3=O)CC1CS(=O)(=O)O.[Na]. The summed E-state index contributed by atoms with van der Waals surface area (Å²) < 4.78 is 37.6. The van der Waals surface area contributed by atoms with Crippen LogP contribution in [-0.2, 0) is 21.5 Å². The summed E-state index contributed by atoms with van der Waals surface area (Å²) in [7, 11) is -4.23. The topological polar surface area (TPSA) is 96.3 Å². The number of benzene rings is 2. The Balaban J connectivity index is 0.00000256. The van der Waals surface area contributed by atoms with E-state index in [1.807, 2.05) is 6.92 Å². The molecule has 0 bridgehead atoms. The van der Waals surface area contributed by atoms with Gasteiger partial charge in [-0.25, -0.2) is 4.79 Å². The number of ether oxygens (including phenoxy) is 1. The van der Waals surface area contributed by atoms with E-state index in [9.17, 15) is 17.8 Å². The second-order valence-electron chi connectivity index (χ2n) is 7.01. The summed E-state index contributed by atoms with van der Waals surface area (Å²) in [5, 5.41) is 6.98. The van der Waals surface area contributed by atoms with E-state index in [2.05, 4.69) is 5.10 Å². The van der Waals surface area contributed by atoms with Gasteiger partial charge in [-0.3, -0.25) is 9.56 Å². The Morgan fingerprint density at radius 1 is 1.20 bits per heavy atom. The maximum absolute atomic E-state index is 11.7. The van der Waals surface area contributed by atoms with E-state index in [-0.39, 0.29) is 48.7 Å². The first-order valence-electron chi connectivity index (χ1n) is 8.69. The van der Waals surface area contributed by atoms with Crippen LogP contribution in [0.25, 0.3) is 0 Å². The van der Waals surface area contributed by atoms with Crippen LogP contribution in [0.15, 0.2) is 35.4 Å². The predicted molar refractivity (Wildman–Crippen MR) is 116 cm³/mol. The number of carbonyl (C=O) groups is 1. The summed E-state index contributed by atoms with van der Waals surface area (Å²) >= 11 is 12.2. The number of halogens is 2. The van der Waals surface area contributed by atoms with E-state index >= 15 is 0 Å². The molecule has 1 radical (unpaired) electrons. The van der Waals surface area contributed by atoms with Crippen molar-refractivity contribution in [2.24, 2.45) is 11.0 Å². The number of fused-ring (bicyclic) bond motifs is 1. The number of hydrazone groups is 1. The average molecular weight is 478 g/mol. The van der Waals surface area contributed by atoms with Gasteiger partial charge in [0.15, 0.2) is 0 Å². The number of hydrogen-bond acceptors (Lipinski definition) is 6. The molecule has 0 saturated heterocycles. The van der Waals surface area contributed by atoms with Crippen molar-refractivity contribution in [1.82, 2.24) is 0 Å². The van der Waals surface area contributed by atoms with Crippen molar-refractivity contribution < 1.29 is 22.5 Å². The summed E-state index contributed by atoms with van der Waals surface area (Å²) in [6.07, 6.45) is 0. The standard InChI is InChI=1S/C19H16Cl2N2O5S.Na/c1-10-4-16(20)17(21)6-15(10)18-12(9-29(25,26)27)7-23(22-18)13-2-3-14-11(5-13)8-28-19(14)24;/h2-6,12H,7-9H2,1H3,(H,25,26,27);. The second-order valence-corrected chi connectivity index (χ2v) is 9.32. The number of esters is 1. The van der Waals surface area contributed by atoms with Gasteiger partial charge in [0.05, 0.1) is 39.3 Å². The largest absolute Gasteiger partial charge is 0.457 e. The second kappa shape index (κ2) is 8.78. The van der Waals surface area contributed by atoms with Crippen LogP contribution >= 0.6 is 23.2 Å². The molecule has 2 aromatic rings. The molecule has 2 aliphatic heterocycles. The number of rotatable bonds is 4. The van der Waals surface area contributed by atoms with Crippen molar-refractivity contribution in [3.63, 3.8) is 0 Å². The average Bonchev–Trinajstić information content (AvgIpc) is 3.20. The van der Waals surface area contributed by atoms with Crippen molar-refractivity contribution in [3.8, 4) is 0 Å². The van der Waals surface area contributed by atoms with Crippen molar-refractivity contribution in [2.75, 3.05) is 17.3 Å². The van der Waals surface area contributed by atoms with Gasteiger partial charge >= 0.3 is 5.97 Å². The minimum absolute atomic E-state index is 0. The van der Waals surface area contributed by atoms with Gasteiger partial charge in [-0.15, -0.1) is 0 Å². The number of anilines is 1. The molecule has 0 aromatic heterocycles. The summed E-state index contributed by atoms with van der Waals surface area (Å²) in [5.41, 5.74) is 3.88. The van der Waals surface area contributed by atoms with Crippen LogP contribution in [0.3, 0.4) is 0 Å². The summed E-state index contributed by atoms with van der Waals surface area (Å²) in [6, 6.07) is 8.51. The minimum Gasteiger partial charge on any atom is -0.457 e. The van der Waals surface area contributed by atoms with Crippen molar-refractivity contribution >= 4 is 80.2 Å². The van der Waals surface area contributed by atoms with E-state index < -0.39 is 21.8 Å². The fraction of sp³-hybridized carbons (Fsp3) is 0.263. The first kappa shape index (κ1) is 23.5. The normalized spacial score (nSPS) is 18.0. The third kappa shape index (κ3) is 4.70. The van der Waals surface area contributed by atoms with Gasteiger partial charge < -0.3 is 4.74 Å². The van der Waals surface area contributed by atoms with Gasteiger partial charge in [-0.05, 0) is 42.8 Å². The molecule has 2 aromatic carbocycles. The minimum atomic E-state index is -4.23. The molecule has 0 spiro atoms. The number of nitrogens with zero attached hydrogens (tertiary/aromatic N) is 2. The first-order chi connectivity index (χ1) is 13.6.